The Morgan fingerprint density at radius 1 is 0.960 bits per heavy atom. The van der Waals surface area contributed by atoms with Crippen LogP contribution in [0.4, 0.5) is 43.9 Å². The Balaban J connectivity index is 5.12. The molecule has 1 unspecified atom stereocenters. The van der Waals surface area contributed by atoms with Gasteiger partial charge in [-0.1, -0.05) is 0 Å². The van der Waals surface area contributed by atoms with E-state index in [-0.39, 0.29) is 11.0 Å². The number of alkyl halides is 10. The van der Waals surface area contributed by atoms with Crippen molar-refractivity contribution in [1.82, 2.24) is 0 Å². The van der Waals surface area contributed by atoms with Gasteiger partial charge in [-0.3, -0.25) is 0 Å². The number of halogens is 10. The summed E-state index contributed by atoms with van der Waals surface area (Å²) in [5.74, 6) is -21.7. The highest BCUT2D eigenvalue weighted by Crippen LogP contribution is 2.54. The van der Waals surface area contributed by atoms with Crippen LogP contribution in [-0.4, -0.2) is 72.9 Å². The molecule has 0 aliphatic carbocycles. The normalized spacial score (nSPS) is 16.0. The van der Waals surface area contributed by atoms with Crippen LogP contribution in [0.1, 0.15) is 12.8 Å². The Morgan fingerprint density at radius 2 is 1.40 bits per heavy atom. The topological polar surface area (TPSA) is 37.3 Å². The highest BCUT2D eigenvalue weighted by Gasteiger charge is 2.83. The summed E-state index contributed by atoms with van der Waals surface area (Å²) in [7, 11) is 2.57. The van der Waals surface area contributed by atoms with Crippen molar-refractivity contribution in [2.24, 2.45) is 0 Å². The SMILES string of the molecule is C[N+](C)(CCCC(F)C(F)(F)C(F)(F)C(F)(F)C(F)(F)F)CC(=O)O. The molecule has 0 bridgehead atoms. The van der Waals surface area contributed by atoms with Crippen LogP contribution >= 0.6 is 0 Å². The quantitative estimate of drug-likeness (QED) is 0.477. The van der Waals surface area contributed by atoms with E-state index in [0.717, 1.165) is 0 Å². The molecular weight excluding hydrogens is 380 g/mol. The summed E-state index contributed by atoms with van der Waals surface area (Å²) in [5, 5.41) is 8.56. The molecule has 13 heteroatoms. The first kappa shape index (κ1) is 23.7. The van der Waals surface area contributed by atoms with Gasteiger partial charge in [-0.15, -0.1) is 0 Å². The molecule has 0 aliphatic rings. The summed E-state index contributed by atoms with van der Waals surface area (Å²) in [5.41, 5.74) is 0. The van der Waals surface area contributed by atoms with Crippen molar-refractivity contribution < 1.29 is 58.3 Å². The summed E-state index contributed by atoms with van der Waals surface area (Å²) in [6.45, 7) is -0.848. The molecule has 0 radical (unpaired) electrons. The van der Waals surface area contributed by atoms with Gasteiger partial charge in [-0.05, 0) is 12.8 Å². The molecule has 0 aromatic rings. The van der Waals surface area contributed by atoms with E-state index in [1.54, 1.807) is 0 Å². The second-order valence-corrected chi connectivity index (χ2v) is 6.09. The molecule has 0 amide bonds. The maximum atomic E-state index is 13.4. The first-order valence-corrected chi connectivity index (χ1v) is 6.67. The monoisotopic (exact) mass is 396 g/mol. The van der Waals surface area contributed by atoms with E-state index in [0.29, 0.717) is 0 Å². The Labute approximate surface area is 135 Å². The van der Waals surface area contributed by atoms with Gasteiger partial charge in [-0.2, -0.15) is 39.5 Å². The van der Waals surface area contributed by atoms with Crippen LogP contribution in [0.2, 0.25) is 0 Å². The van der Waals surface area contributed by atoms with Gasteiger partial charge in [0.15, 0.2) is 12.7 Å². The first-order valence-electron chi connectivity index (χ1n) is 6.67. The third-order valence-electron chi connectivity index (χ3n) is 3.35. The minimum Gasteiger partial charge on any atom is -0.477 e. The number of aliphatic carboxylic acids is 1. The van der Waals surface area contributed by atoms with Crippen LogP contribution in [0.25, 0.3) is 0 Å². The zero-order valence-electron chi connectivity index (χ0n) is 13.0. The second-order valence-electron chi connectivity index (χ2n) is 6.09. The maximum Gasteiger partial charge on any atom is 0.460 e. The van der Waals surface area contributed by atoms with E-state index in [4.69, 9.17) is 5.11 Å². The standard InChI is InChI=1S/C12H15F10NO2/c1-23(2,6-8(24)25)5-3-4-7(13)9(14,15)10(16,17)11(18,19)12(20,21)22/h7H,3-6H2,1-2H3/p+1. The summed E-state index contributed by atoms with van der Waals surface area (Å²) in [6, 6.07) is 0. The molecule has 1 atom stereocenters. The maximum absolute atomic E-state index is 13.4. The average Bonchev–Trinajstić information content (AvgIpc) is 2.34. The second kappa shape index (κ2) is 7.16. The largest absolute Gasteiger partial charge is 0.477 e. The van der Waals surface area contributed by atoms with Crippen molar-refractivity contribution in [1.29, 1.82) is 0 Å². The van der Waals surface area contributed by atoms with Crippen LogP contribution in [0.5, 0.6) is 0 Å². The number of hydrogen-bond acceptors (Lipinski definition) is 1. The van der Waals surface area contributed by atoms with Crippen molar-refractivity contribution in [3.63, 3.8) is 0 Å². The molecule has 3 nitrogen and oxygen atoms in total. The Morgan fingerprint density at radius 3 is 1.76 bits per heavy atom. The van der Waals surface area contributed by atoms with Crippen molar-refractivity contribution in [3.05, 3.63) is 0 Å². The molecular formula is C12H16F10NO2+. The lowest BCUT2D eigenvalue weighted by atomic mass is 9.97. The van der Waals surface area contributed by atoms with Crippen LogP contribution in [-0.2, 0) is 4.79 Å². The predicted molar refractivity (Wildman–Crippen MR) is 64.5 cm³/mol. The average molecular weight is 396 g/mol. The molecule has 0 aromatic carbocycles. The molecule has 0 rings (SSSR count). The minimum atomic E-state index is -7.13. The first-order chi connectivity index (χ1) is 10.8. The molecule has 25 heavy (non-hydrogen) atoms. The smallest absolute Gasteiger partial charge is 0.460 e. The lowest BCUT2D eigenvalue weighted by molar-refractivity contribution is -0.883. The third kappa shape index (κ3) is 5.11. The van der Waals surface area contributed by atoms with Gasteiger partial charge in [0.05, 0.1) is 20.6 Å². The van der Waals surface area contributed by atoms with Crippen LogP contribution in [0, 0.1) is 0 Å². The summed E-state index contributed by atoms with van der Waals surface area (Å²) >= 11 is 0. The lowest BCUT2D eigenvalue weighted by Crippen LogP contribution is -2.63. The molecule has 0 aromatic heterocycles. The van der Waals surface area contributed by atoms with Crippen molar-refractivity contribution in [3.8, 4) is 0 Å². The number of nitrogens with zero attached hydrogens (tertiary/aromatic N) is 1. The summed E-state index contributed by atoms with van der Waals surface area (Å²) in [4.78, 5) is 10.5. The highest BCUT2D eigenvalue weighted by molar-refractivity contribution is 5.67. The van der Waals surface area contributed by atoms with Crippen molar-refractivity contribution >= 4 is 5.97 Å². The molecule has 0 heterocycles. The number of quaternary nitrogens is 1. The van der Waals surface area contributed by atoms with Crippen LogP contribution < -0.4 is 0 Å². The molecule has 0 spiro atoms. The number of carboxylic acids is 1. The zero-order valence-corrected chi connectivity index (χ0v) is 13.0. The van der Waals surface area contributed by atoms with Crippen LogP contribution in [0.15, 0.2) is 0 Å². The van der Waals surface area contributed by atoms with Gasteiger partial charge in [0.1, 0.15) is 0 Å². The number of carbonyl (C=O) groups is 1. The van der Waals surface area contributed by atoms with E-state index in [1.165, 1.54) is 14.1 Å². The van der Waals surface area contributed by atoms with Crippen LogP contribution in [0.3, 0.4) is 0 Å². The van der Waals surface area contributed by atoms with E-state index in [2.05, 4.69) is 0 Å². The Hall–Kier alpha value is -1.27. The molecule has 0 saturated carbocycles. The number of rotatable bonds is 9. The summed E-state index contributed by atoms with van der Waals surface area (Å²) < 4.78 is 127. The fourth-order valence-corrected chi connectivity index (χ4v) is 1.91. The van der Waals surface area contributed by atoms with Gasteiger partial charge in [-0.25, -0.2) is 9.18 Å². The molecule has 0 aliphatic heterocycles. The number of carboxylic acid groups (broad SMARTS) is 1. The Kier molecular flexibility index (Phi) is 6.79. The number of likely N-dealkylation sites (N-methyl/N-ethyl adjacent to an activating group) is 1. The fraction of sp³-hybridized carbons (Fsp3) is 0.917. The van der Waals surface area contributed by atoms with E-state index in [1.807, 2.05) is 0 Å². The van der Waals surface area contributed by atoms with E-state index < -0.39 is 55.5 Å². The highest BCUT2D eigenvalue weighted by atomic mass is 19.4. The molecule has 1 N–H and O–H groups in total. The molecule has 0 fully saturated rings. The van der Waals surface area contributed by atoms with Crippen molar-refractivity contribution in [2.75, 3.05) is 27.2 Å². The van der Waals surface area contributed by atoms with Gasteiger partial charge >= 0.3 is 29.9 Å². The minimum absolute atomic E-state index is 0.315. The molecule has 150 valence electrons. The Bertz CT molecular complexity index is 475. The summed E-state index contributed by atoms with van der Waals surface area (Å²) in [6.07, 6.45) is -13.1. The number of hydrogen-bond donors (Lipinski definition) is 1. The van der Waals surface area contributed by atoms with Crippen molar-refractivity contribution in [2.45, 2.75) is 43.0 Å². The van der Waals surface area contributed by atoms with Gasteiger partial charge in [0.2, 0.25) is 0 Å². The van der Waals surface area contributed by atoms with Gasteiger partial charge < -0.3 is 9.59 Å². The van der Waals surface area contributed by atoms with Gasteiger partial charge in [0, 0.05) is 0 Å². The van der Waals surface area contributed by atoms with E-state index >= 15 is 0 Å². The van der Waals surface area contributed by atoms with E-state index in [9.17, 15) is 48.7 Å². The zero-order chi connectivity index (χ0) is 20.5. The predicted octanol–water partition coefficient (Wildman–Crippen LogP) is 3.73. The fourth-order valence-electron chi connectivity index (χ4n) is 1.91. The lowest BCUT2D eigenvalue weighted by Gasteiger charge is -2.35. The van der Waals surface area contributed by atoms with Gasteiger partial charge in [0.25, 0.3) is 0 Å². The third-order valence-corrected chi connectivity index (χ3v) is 3.35. The molecule has 0 saturated heterocycles.